The number of carboxylic acids is 1. The van der Waals surface area contributed by atoms with Gasteiger partial charge in [-0.3, -0.25) is 10.1 Å². The molecule has 6 heteroatoms. The molecule has 0 amide bonds. The fraction of sp³-hybridized carbons (Fsp3) is 0.0645. The van der Waals surface area contributed by atoms with Crippen molar-refractivity contribution in [2.45, 2.75) is 13.3 Å². The lowest BCUT2D eigenvalue weighted by Crippen LogP contribution is -1.96. The van der Waals surface area contributed by atoms with Gasteiger partial charge in [0.15, 0.2) is 0 Å². The van der Waals surface area contributed by atoms with Crippen molar-refractivity contribution in [2.24, 2.45) is 0 Å². The molecule has 0 saturated heterocycles. The topological polar surface area (TPSA) is 88.1 Å². The Bertz CT molecular complexity index is 1600. The van der Waals surface area contributed by atoms with Crippen molar-refractivity contribution >= 4 is 34.1 Å². The fourth-order valence-electron chi connectivity index (χ4n) is 4.36. The van der Waals surface area contributed by atoms with Gasteiger partial charge in [0.05, 0.1) is 17.9 Å². The Labute approximate surface area is 214 Å². The predicted octanol–water partition coefficient (Wildman–Crippen LogP) is 7.22. The summed E-state index contributed by atoms with van der Waals surface area (Å²) >= 11 is 0. The van der Waals surface area contributed by atoms with Crippen molar-refractivity contribution in [1.82, 2.24) is 15.2 Å². The monoisotopic (exact) mass is 487 g/mol. The number of carboxylic acid groups (broad SMARTS) is 1. The Balaban J connectivity index is 1.63. The molecule has 0 aliphatic rings. The van der Waals surface area contributed by atoms with Gasteiger partial charge in [-0.15, -0.1) is 0 Å². The standard InChI is InChI=1S/C31H25N3O3/c1-2-28(23-5-3-6-26(18-23)37-27-7-4-16-32-20-27)31(24-13-14-29-25(17-24)19-33-34-29)22-11-8-21(9-12-22)10-15-30(35)36/h3-20H,2H2,1H3,(H,33,34)(H,35,36)/b15-10+,31-28+. The molecule has 6 nitrogen and oxygen atoms in total. The second-order valence-corrected chi connectivity index (χ2v) is 8.49. The van der Waals surface area contributed by atoms with Gasteiger partial charge in [-0.2, -0.15) is 5.10 Å². The third-order valence-electron chi connectivity index (χ3n) is 6.05. The molecule has 0 atom stereocenters. The number of hydrogen-bond donors (Lipinski definition) is 2. The van der Waals surface area contributed by atoms with E-state index in [1.54, 1.807) is 18.5 Å². The molecule has 5 aromatic rings. The summed E-state index contributed by atoms with van der Waals surface area (Å²) in [6.07, 6.45) is 8.75. The lowest BCUT2D eigenvalue weighted by molar-refractivity contribution is -0.131. The molecule has 2 heterocycles. The summed E-state index contributed by atoms with van der Waals surface area (Å²) in [5, 5.41) is 17.2. The highest BCUT2D eigenvalue weighted by Crippen LogP contribution is 2.37. The Kier molecular flexibility index (Phi) is 6.90. The van der Waals surface area contributed by atoms with Crippen molar-refractivity contribution in [1.29, 1.82) is 0 Å². The first-order valence-corrected chi connectivity index (χ1v) is 12.0. The maximum atomic E-state index is 10.9. The number of rotatable bonds is 8. The Morgan fingerprint density at radius 1 is 0.919 bits per heavy atom. The minimum Gasteiger partial charge on any atom is -0.478 e. The van der Waals surface area contributed by atoms with E-state index in [1.807, 2.05) is 66.9 Å². The number of fused-ring (bicyclic) bond motifs is 1. The molecule has 182 valence electrons. The zero-order chi connectivity index (χ0) is 25.6. The predicted molar refractivity (Wildman–Crippen MR) is 146 cm³/mol. The molecule has 0 spiro atoms. The molecule has 0 saturated carbocycles. The number of H-pyrrole nitrogens is 1. The van der Waals surface area contributed by atoms with Crippen LogP contribution in [0.5, 0.6) is 11.5 Å². The highest BCUT2D eigenvalue weighted by atomic mass is 16.5. The average Bonchev–Trinajstić information content (AvgIpc) is 3.40. The maximum Gasteiger partial charge on any atom is 0.328 e. The van der Waals surface area contributed by atoms with Crippen molar-refractivity contribution in [3.05, 3.63) is 126 Å². The van der Waals surface area contributed by atoms with E-state index < -0.39 is 5.97 Å². The average molecular weight is 488 g/mol. The zero-order valence-electron chi connectivity index (χ0n) is 20.3. The molecule has 0 fully saturated rings. The van der Waals surface area contributed by atoms with E-state index >= 15 is 0 Å². The molecule has 0 aliphatic carbocycles. The molecule has 0 aliphatic heterocycles. The first kappa shape index (κ1) is 23.8. The number of aromatic amines is 1. The van der Waals surface area contributed by atoms with Crippen LogP contribution < -0.4 is 4.74 Å². The third kappa shape index (κ3) is 5.49. The maximum absolute atomic E-state index is 10.9. The largest absolute Gasteiger partial charge is 0.478 e. The van der Waals surface area contributed by atoms with Crippen LogP contribution in [0.2, 0.25) is 0 Å². The van der Waals surface area contributed by atoms with Gasteiger partial charge in [-0.25, -0.2) is 4.79 Å². The Morgan fingerprint density at radius 3 is 2.49 bits per heavy atom. The molecular formula is C31H25N3O3. The quantitative estimate of drug-likeness (QED) is 0.178. The summed E-state index contributed by atoms with van der Waals surface area (Å²) in [6, 6.07) is 26.0. The van der Waals surface area contributed by atoms with Crippen LogP contribution in [0.15, 0.2) is 104 Å². The second kappa shape index (κ2) is 10.7. The van der Waals surface area contributed by atoms with E-state index in [0.29, 0.717) is 5.75 Å². The van der Waals surface area contributed by atoms with Gasteiger partial charge in [0.2, 0.25) is 0 Å². The summed E-state index contributed by atoms with van der Waals surface area (Å²) < 4.78 is 6.06. The minimum absolute atomic E-state index is 0.678. The van der Waals surface area contributed by atoms with E-state index in [9.17, 15) is 4.79 Å². The normalized spacial score (nSPS) is 12.0. The summed E-state index contributed by atoms with van der Waals surface area (Å²) in [7, 11) is 0. The molecule has 0 bridgehead atoms. The molecule has 3 aromatic carbocycles. The Hall–Kier alpha value is -4.97. The smallest absolute Gasteiger partial charge is 0.328 e. The fourth-order valence-corrected chi connectivity index (χ4v) is 4.36. The van der Waals surface area contributed by atoms with Gasteiger partial charge in [0.25, 0.3) is 0 Å². The summed E-state index contributed by atoms with van der Waals surface area (Å²) in [4.78, 5) is 15.1. The number of benzene rings is 3. The van der Waals surface area contributed by atoms with Crippen molar-refractivity contribution in [2.75, 3.05) is 0 Å². The van der Waals surface area contributed by atoms with Gasteiger partial charge >= 0.3 is 5.97 Å². The number of aliphatic carboxylic acids is 1. The van der Waals surface area contributed by atoms with Crippen LogP contribution in [0.3, 0.4) is 0 Å². The van der Waals surface area contributed by atoms with Crippen molar-refractivity contribution in [3.8, 4) is 11.5 Å². The highest BCUT2D eigenvalue weighted by Gasteiger charge is 2.15. The van der Waals surface area contributed by atoms with Gasteiger partial charge < -0.3 is 9.84 Å². The van der Waals surface area contributed by atoms with Crippen LogP contribution in [0.1, 0.15) is 35.6 Å². The van der Waals surface area contributed by atoms with Gasteiger partial charge in [0.1, 0.15) is 11.5 Å². The van der Waals surface area contributed by atoms with E-state index in [1.165, 1.54) is 0 Å². The van der Waals surface area contributed by atoms with Crippen LogP contribution in [0.4, 0.5) is 0 Å². The zero-order valence-corrected chi connectivity index (χ0v) is 20.3. The molecule has 2 aromatic heterocycles. The number of ether oxygens (including phenoxy) is 1. The Morgan fingerprint density at radius 2 is 1.73 bits per heavy atom. The van der Waals surface area contributed by atoms with Gasteiger partial charge in [-0.1, -0.05) is 49.4 Å². The lowest BCUT2D eigenvalue weighted by atomic mass is 9.87. The van der Waals surface area contributed by atoms with E-state index in [-0.39, 0.29) is 0 Å². The van der Waals surface area contributed by atoms with E-state index in [4.69, 9.17) is 9.84 Å². The minimum atomic E-state index is -0.972. The number of nitrogens with zero attached hydrogens (tertiary/aromatic N) is 2. The third-order valence-corrected chi connectivity index (χ3v) is 6.05. The van der Waals surface area contributed by atoms with Crippen LogP contribution in [-0.4, -0.2) is 26.3 Å². The van der Waals surface area contributed by atoms with Crippen LogP contribution in [-0.2, 0) is 4.79 Å². The lowest BCUT2D eigenvalue weighted by Gasteiger charge is -2.17. The molecule has 2 N–H and O–H groups in total. The molecular weight excluding hydrogens is 462 g/mol. The molecule has 0 radical (unpaired) electrons. The second-order valence-electron chi connectivity index (χ2n) is 8.49. The number of hydrogen-bond acceptors (Lipinski definition) is 4. The first-order valence-electron chi connectivity index (χ1n) is 12.0. The van der Waals surface area contributed by atoms with E-state index in [2.05, 4.69) is 40.3 Å². The van der Waals surface area contributed by atoms with Crippen molar-refractivity contribution in [3.63, 3.8) is 0 Å². The summed E-state index contributed by atoms with van der Waals surface area (Å²) in [6.45, 7) is 2.14. The number of carbonyl (C=O) groups is 1. The number of aromatic nitrogens is 3. The number of nitrogens with one attached hydrogen (secondary N) is 1. The van der Waals surface area contributed by atoms with Crippen LogP contribution >= 0.6 is 0 Å². The molecule has 5 rings (SSSR count). The highest BCUT2D eigenvalue weighted by molar-refractivity contribution is 6.00. The summed E-state index contributed by atoms with van der Waals surface area (Å²) in [5.41, 5.74) is 7.21. The van der Waals surface area contributed by atoms with Gasteiger partial charge in [0, 0.05) is 17.7 Å². The van der Waals surface area contributed by atoms with Crippen molar-refractivity contribution < 1.29 is 14.6 Å². The van der Waals surface area contributed by atoms with E-state index in [0.717, 1.165) is 62.5 Å². The number of pyridine rings is 1. The summed E-state index contributed by atoms with van der Waals surface area (Å²) in [5.74, 6) is 0.437. The molecule has 0 unspecified atom stereocenters. The SMILES string of the molecule is CC/C(=C(/c1ccc(/C=C/C(=O)O)cc1)c1ccc2[nH]ncc2c1)c1cccc(Oc2cccnc2)c1. The van der Waals surface area contributed by atoms with Crippen LogP contribution in [0, 0.1) is 0 Å². The van der Waals surface area contributed by atoms with Crippen LogP contribution in [0.25, 0.3) is 28.1 Å². The molecule has 37 heavy (non-hydrogen) atoms. The number of allylic oxidation sites excluding steroid dienone is 1. The first-order chi connectivity index (χ1) is 18.1. The van der Waals surface area contributed by atoms with Gasteiger partial charge in [-0.05, 0) is 82.3 Å².